The maximum atomic E-state index is 12.0. The van der Waals surface area contributed by atoms with E-state index in [1.165, 1.54) is 0 Å². The topological polar surface area (TPSA) is 48.4 Å². The monoisotopic (exact) mass is 321 g/mol. The summed E-state index contributed by atoms with van der Waals surface area (Å²) < 4.78 is 11.0. The molecule has 0 atom stereocenters. The van der Waals surface area contributed by atoms with Gasteiger partial charge >= 0.3 is 5.97 Å². The Morgan fingerprint density at radius 2 is 1.79 bits per heavy atom. The van der Waals surface area contributed by atoms with Crippen molar-refractivity contribution < 1.29 is 14.3 Å². The maximum absolute atomic E-state index is 12.0. The van der Waals surface area contributed by atoms with Gasteiger partial charge in [-0.25, -0.2) is 9.78 Å². The van der Waals surface area contributed by atoms with Crippen LogP contribution >= 0.6 is 0 Å². The Kier molecular flexibility index (Phi) is 4.75. The van der Waals surface area contributed by atoms with E-state index in [-0.39, 0.29) is 0 Å². The fourth-order valence-corrected chi connectivity index (χ4v) is 2.24. The zero-order chi connectivity index (χ0) is 16.9. The molecule has 0 fully saturated rings. The molecule has 0 unspecified atom stereocenters. The molecule has 0 aliphatic carbocycles. The third kappa shape index (κ3) is 3.90. The number of rotatable bonds is 5. The number of hydrogen-bond donors (Lipinski definition) is 0. The smallest absolute Gasteiger partial charge is 0.356 e. The van der Waals surface area contributed by atoms with Crippen molar-refractivity contribution in [1.29, 1.82) is 0 Å². The van der Waals surface area contributed by atoms with E-state index in [2.05, 4.69) is 4.98 Å². The Balaban J connectivity index is 1.79. The van der Waals surface area contributed by atoms with Gasteiger partial charge in [-0.1, -0.05) is 38.1 Å². The summed E-state index contributed by atoms with van der Waals surface area (Å²) in [6, 6.07) is 17.0. The predicted molar refractivity (Wildman–Crippen MR) is 93.4 cm³/mol. The summed E-state index contributed by atoms with van der Waals surface area (Å²) in [6.07, 6.45) is 1.67. The predicted octanol–water partition coefficient (Wildman–Crippen LogP) is 4.84. The fourth-order valence-electron chi connectivity index (χ4n) is 2.24. The van der Waals surface area contributed by atoms with Crippen LogP contribution in [0, 0.1) is 5.92 Å². The molecule has 3 rings (SSSR count). The lowest BCUT2D eigenvalue weighted by atomic mass is 10.1. The second-order valence-corrected chi connectivity index (χ2v) is 5.99. The van der Waals surface area contributed by atoms with Gasteiger partial charge in [0.05, 0.1) is 6.61 Å². The zero-order valence-corrected chi connectivity index (χ0v) is 13.7. The molecule has 0 amide bonds. The van der Waals surface area contributed by atoms with E-state index in [1.807, 2.05) is 62.4 Å². The van der Waals surface area contributed by atoms with Gasteiger partial charge in [0.1, 0.15) is 17.2 Å². The van der Waals surface area contributed by atoms with Crippen molar-refractivity contribution >= 4 is 16.7 Å². The number of esters is 1. The van der Waals surface area contributed by atoms with E-state index in [0.717, 1.165) is 22.3 Å². The second kappa shape index (κ2) is 7.13. The molecule has 0 spiro atoms. The third-order valence-corrected chi connectivity index (χ3v) is 3.43. The average Bonchev–Trinajstić information content (AvgIpc) is 2.60. The Labute approximate surface area is 141 Å². The second-order valence-electron chi connectivity index (χ2n) is 5.99. The SMILES string of the molecule is CC(C)COC(=O)c1cc2ccc(Oc3ccccc3)cc2cn1. The highest BCUT2D eigenvalue weighted by molar-refractivity contribution is 5.93. The minimum Gasteiger partial charge on any atom is -0.461 e. The number of aromatic nitrogens is 1. The van der Waals surface area contributed by atoms with Crippen molar-refractivity contribution in [2.75, 3.05) is 6.61 Å². The number of carbonyl (C=O) groups is 1. The Bertz CT molecular complexity index is 844. The third-order valence-electron chi connectivity index (χ3n) is 3.43. The molecule has 2 aromatic carbocycles. The Hall–Kier alpha value is -2.88. The lowest BCUT2D eigenvalue weighted by molar-refractivity contribution is 0.0452. The molecule has 4 heteroatoms. The van der Waals surface area contributed by atoms with Crippen LogP contribution in [-0.4, -0.2) is 17.6 Å². The maximum Gasteiger partial charge on any atom is 0.356 e. The number of carbonyl (C=O) groups excluding carboxylic acids is 1. The quantitative estimate of drug-likeness (QED) is 0.631. The number of ether oxygens (including phenoxy) is 2. The first-order chi connectivity index (χ1) is 11.6. The van der Waals surface area contributed by atoms with E-state index in [4.69, 9.17) is 9.47 Å². The van der Waals surface area contributed by atoms with Crippen LogP contribution < -0.4 is 4.74 Å². The van der Waals surface area contributed by atoms with Crippen molar-refractivity contribution in [1.82, 2.24) is 4.98 Å². The van der Waals surface area contributed by atoms with Gasteiger partial charge in [0.25, 0.3) is 0 Å². The summed E-state index contributed by atoms with van der Waals surface area (Å²) in [7, 11) is 0. The number of hydrogen-bond acceptors (Lipinski definition) is 4. The van der Waals surface area contributed by atoms with E-state index in [9.17, 15) is 4.79 Å². The molecule has 0 saturated carbocycles. The van der Waals surface area contributed by atoms with Gasteiger partial charge in [0, 0.05) is 11.6 Å². The van der Waals surface area contributed by atoms with Crippen LogP contribution in [0.15, 0.2) is 60.8 Å². The van der Waals surface area contributed by atoms with E-state index >= 15 is 0 Å². The first-order valence-electron chi connectivity index (χ1n) is 7.91. The van der Waals surface area contributed by atoms with Crippen LogP contribution in [0.2, 0.25) is 0 Å². The summed E-state index contributed by atoms with van der Waals surface area (Å²) in [6.45, 7) is 4.38. The van der Waals surface area contributed by atoms with Crippen molar-refractivity contribution in [2.45, 2.75) is 13.8 Å². The zero-order valence-electron chi connectivity index (χ0n) is 13.7. The largest absolute Gasteiger partial charge is 0.461 e. The van der Waals surface area contributed by atoms with E-state index in [1.54, 1.807) is 12.3 Å². The lowest BCUT2D eigenvalue weighted by Gasteiger charge is -2.08. The van der Waals surface area contributed by atoms with Crippen molar-refractivity contribution in [3.63, 3.8) is 0 Å². The molecule has 4 nitrogen and oxygen atoms in total. The first kappa shape index (κ1) is 16.0. The number of nitrogens with zero attached hydrogens (tertiary/aromatic N) is 1. The van der Waals surface area contributed by atoms with Gasteiger partial charge in [-0.3, -0.25) is 0 Å². The molecule has 24 heavy (non-hydrogen) atoms. The van der Waals surface area contributed by atoms with Crippen LogP contribution in [0.3, 0.4) is 0 Å². The van der Waals surface area contributed by atoms with Crippen LogP contribution in [0.25, 0.3) is 10.8 Å². The van der Waals surface area contributed by atoms with Crippen LogP contribution in [0.5, 0.6) is 11.5 Å². The van der Waals surface area contributed by atoms with Gasteiger partial charge < -0.3 is 9.47 Å². The normalized spacial score (nSPS) is 10.8. The highest BCUT2D eigenvalue weighted by atomic mass is 16.5. The summed E-state index contributed by atoms with van der Waals surface area (Å²) in [4.78, 5) is 16.2. The molecular formula is C20H19NO3. The molecule has 0 radical (unpaired) electrons. The van der Waals surface area contributed by atoms with Crippen molar-refractivity contribution in [3.05, 3.63) is 66.5 Å². The number of fused-ring (bicyclic) bond motifs is 1. The first-order valence-corrected chi connectivity index (χ1v) is 7.91. The van der Waals surface area contributed by atoms with Gasteiger partial charge in [-0.05, 0) is 41.6 Å². The molecule has 0 bridgehead atoms. The summed E-state index contributed by atoms with van der Waals surface area (Å²) in [5.74, 6) is 1.41. The Morgan fingerprint density at radius 1 is 1.00 bits per heavy atom. The lowest BCUT2D eigenvalue weighted by Crippen LogP contribution is -2.11. The number of pyridine rings is 1. The van der Waals surface area contributed by atoms with Gasteiger partial charge in [0.2, 0.25) is 0 Å². The van der Waals surface area contributed by atoms with E-state index in [0.29, 0.717) is 18.2 Å². The summed E-state index contributed by atoms with van der Waals surface area (Å²) in [5.41, 5.74) is 0.319. The molecule has 3 aromatic rings. The standard InChI is InChI=1S/C20H19NO3/c1-14(2)13-23-20(22)19-11-15-8-9-18(10-16(15)12-21-19)24-17-6-4-3-5-7-17/h3-12,14H,13H2,1-2H3. The molecule has 122 valence electrons. The highest BCUT2D eigenvalue weighted by Gasteiger charge is 2.11. The molecular weight excluding hydrogens is 302 g/mol. The minimum absolute atomic E-state index is 0.298. The van der Waals surface area contributed by atoms with Crippen LogP contribution in [0.4, 0.5) is 0 Å². The minimum atomic E-state index is -0.393. The molecule has 1 aromatic heterocycles. The molecule has 0 N–H and O–H groups in total. The van der Waals surface area contributed by atoms with E-state index < -0.39 is 5.97 Å². The van der Waals surface area contributed by atoms with Gasteiger partial charge in [0.15, 0.2) is 0 Å². The van der Waals surface area contributed by atoms with Crippen LogP contribution in [-0.2, 0) is 4.74 Å². The highest BCUT2D eigenvalue weighted by Crippen LogP contribution is 2.25. The number of benzene rings is 2. The molecule has 0 saturated heterocycles. The molecule has 0 aliphatic heterocycles. The summed E-state index contributed by atoms with van der Waals surface area (Å²) >= 11 is 0. The summed E-state index contributed by atoms with van der Waals surface area (Å²) in [5, 5.41) is 1.82. The number of para-hydroxylation sites is 1. The van der Waals surface area contributed by atoms with Gasteiger partial charge in [-0.15, -0.1) is 0 Å². The van der Waals surface area contributed by atoms with Crippen molar-refractivity contribution in [2.24, 2.45) is 5.92 Å². The fraction of sp³-hybridized carbons (Fsp3) is 0.200. The van der Waals surface area contributed by atoms with Crippen molar-refractivity contribution in [3.8, 4) is 11.5 Å². The average molecular weight is 321 g/mol. The molecule has 1 heterocycles. The van der Waals surface area contributed by atoms with Crippen LogP contribution in [0.1, 0.15) is 24.3 Å². The molecule has 0 aliphatic rings. The van der Waals surface area contributed by atoms with Gasteiger partial charge in [-0.2, -0.15) is 0 Å². The Morgan fingerprint density at radius 3 is 2.54 bits per heavy atom.